The molecule has 0 aliphatic rings. The first-order valence-corrected chi connectivity index (χ1v) is 7.65. The van der Waals surface area contributed by atoms with Crippen molar-refractivity contribution in [3.8, 4) is 0 Å². The van der Waals surface area contributed by atoms with Crippen molar-refractivity contribution in [3.05, 3.63) is 20.8 Å². The van der Waals surface area contributed by atoms with Gasteiger partial charge in [0.05, 0.1) is 6.54 Å². The molecule has 0 radical (unpaired) electrons. The maximum Gasteiger partial charge on any atom is 0.312 e. The molecule has 3 N–H and O–H groups in total. The van der Waals surface area contributed by atoms with E-state index >= 15 is 0 Å². The molecule has 0 bridgehead atoms. The summed E-state index contributed by atoms with van der Waals surface area (Å²) in [7, 11) is 1.72. The minimum absolute atomic E-state index is 0.120. The highest BCUT2D eigenvalue weighted by Gasteiger charge is 2.22. The van der Waals surface area contributed by atoms with Crippen molar-refractivity contribution in [1.82, 2.24) is 10.2 Å². The summed E-state index contributed by atoms with van der Waals surface area (Å²) in [5.41, 5.74) is 5.09. The normalized spacial score (nSPS) is 11.9. The largest absolute Gasteiger partial charge is 0.352 e. The zero-order valence-corrected chi connectivity index (χ0v) is 13.4. The monoisotopic (exact) mass is 347 g/mol. The number of likely N-dealkylation sites (N-methyl/N-ethyl adjacent to an activating group) is 1. The lowest BCUT2D eigenvalue weighted by Crippen LogP contribution is -2.48. The van der Waals surface area contributed by atoms with E-state index in [2.05, 4.69) is 21.2 Å². The molecule has 1 aromatic rings. The van der Waals surface area contributed by atoms with Gasteiger partial charge >= 0.3 is 6.03 Å². The molecule has 1 heterocycles. The van der Waals surface area contributed by atoms with E-state index in [1.165, 1.54) is 0 Å². The Bertz CT molecular complexity index is 450. The first-order valence-electron chi connectivity index (χ1n) is 5.98. The second-order valence-electron chi connectivity index (χ2n) is 4.28. The summed E-state index contributed by atoms with van der Waals surface area (Å²) in [6.45, 7) is 2.48. The van der Waals surface area contributed by atoms with Gasteiger partial charge in [0.2, 0.25) is 5.91 Å². The molecule has 0 saturated heterocycles. The molecule has 0 spiro atoms. The highest BCUT2D eigenvalue weighted by Crippen LogP contribution is 2.21. The number of urea groups is 1. The molecular formula is C12H18BrN3O2S. The topological polar surface area (TPSA) is 75.4 Å². The molecule has 0 fully saturated rings. The van der Waals surface area contributed by atoms with Crippen molar-refractivity contribution in [1.29, 1.82) is 0 Å². The number of primary amides is 1. The van der Waals surface area contributed by atoms with Gasteiger partial charge in [0.1, 0.15) is 6.04 Å². The Kier molecular flexibility index (Phi) is 6.30. The second kappa shape index (κ2) is 7.49. The predicted octanol–water partition coefficient (Wildman–Crippen LogP) is 2.31. The van der Waals surface area contributed by atoms with E-state index in [4.69, 9.17) is 5.73 Å². The van der Waals surface area contributed by atoms with Crippen LogP contribution in [0, 0.1) is 0 Å². The van der Waals surface area contributed by atoms with Gasteiger partial charge in [0.15, 0.2) is 0 Å². The molecule has 0 saturated carbocycles. The van der Waals surface area contributed by atoms with E-state index in [9.17, 15) is 9.59 Å². The van der Waals surface area contributed by atoms with Crippen LogP contribution >= 0.6 is 27.3 Å². The molecule has 7 heteroatoms. The van der Waals surface area contributed by atoms with Crippen LogP contribution in [-0.2, 0) is 11.3 Å². The molecule has 0 unspecified atom stereocenters. The SMILES string of the molecule is CCC[C@@H](NC(N)=O)C(=O)N(C)Cc1cc(Br)cs1. The predicted molar refractivity (Wildman–Crippen MR) is 79.9 cm³/mol. The van der Waals surface area contributed by atoms with E-state index in [0.717, 1.165) is 15.8 Å². The Morgan fingerprint density at radius 2 is 2.26 bits per heavy atom. The fourth-order valence-electron chi connectivity index (χ4n) is 1.73. The van der Waals surface area contributed by atoms with Crippen molar-refractivity contribution in [2.75, 3.05) is 7.05 Å². The van der Waals surface area contributed by atoms with E-state index in [1.807, 2.05) is 18.4 Å². The fraction of sp³-hybridized carbons (Fsp3) is 0.500. The minimum Gasteiger partial charge on any atom is -0.352 e. The van der Waals surface area contributed by atoms with Crippen LogP contribution in [0.2, 0.25) is 0 Å². The summed E-state index contributed by atoms with van der Waals surface area (Å²) in [4.78, 5) is 25.8. The van der Waals surface area contributed by atoms with Gasteiger partial charge in [-0.2, -0.15) is 0 Å². The third kappa shape index (κ3) is 5.20. The van der Waals surface area contributed by atoms with Crippen LogP contribution in [0.5, 0.6) is 0 Å². The number of thiophene rings is 1. The van der Waals surface area contributed by atoms with E-state index < -0.39 is 12.1 Å². The molecule has 5 nitrogen and oxygen atoms in total. The van der Waals surface area contributed by atoms with Gasteiger partial charge in [-0.1, -0.05) is 13.3 Å². The van der Waals surface area contributed by atoms with Gasteiger partial charge in [-0.05, 0) is 28.4 Å². The van der Waals surface area contributed by atoms with Gasteiger partial charge in [0, 0.05) is 21.8 Å². The lowest BCUT2D eigenvalue weighted by molar-refractivity contribution is -0.132. The van der Waals surface area contributed by atoms with Gasteiger partial charge in [0.25, 0.3) is 0 Å². The number of rotatable bonds is 6. The maximum absolute atomic E-state index is 12.2. The molecule has 1 atom stereocenters. The summed E-state index contributed by atoms with van der Waals surface area (Å²) in [5, 5.41) is 4.47. The molecule has 0 aliphatic heterocycles. The molecule has 106 valence electrons. The van der Waals surface area contributed by atoms with Crippen LogP contribution in [-0.4, -0.2) is 29.9 Å². The van der Waals surface area contributed by atoms with Crippen LogP contribution < -0.4 is 11.1 Å². The van der Waals surface area contributed by atoms with Crippen LogP contribution in [0.1, 0.15) is 24.6 Å². The standard InChI is InChI=1S/C12H18BrN3O2S/c1-3-4-10(15-12(14)18)11(17)16(2)6-9-5-8(13)7-19-9/h5,7,10H,3-4,6H2,1-2H3,(H3,14,15,18)/t10-/m1/s1. The van der Waals surface area contributed by atoms with Gasteiger partial charge in [-0.3, -0.25) is 4.79 Å². The van der Waals surface area contributed by atoms with E-state index in [0.29, 0.717) is 13.0 Å². The van der Waals surface area contributed by atoms with Crippen molar-refractivity contribution in [2.45, 2.75) is 32.4 Å². The molecule has 3 amide bonds. The number of hydrogen-bond acceptors (Lipinski definition) is 3. The van der Waals surface area contributed by atoms with Crippen molar-refractivity contribution in [2.24, 2.45) is 5.73 Å². The van der Waals surface area contributed by atoms with Gasteiger partial charge in [-0.25, -0.2) is 4.79 Å². The molecule has 1 rings (SSSR count). The number of carbonyl (C=O) groups excluding carboxylic acids is 2. The van der Waals surface area contributed by atoms with E-state index in [1.54, 1.807) is 23.3 Å². The molecule has 0 aliphatic carbocycles. The van der Waals surface area contributed by atoms with Crippen molar-refractivity contribution in [3.63, 3.8) is 0 Å². The number of nitrogens with two attached hydrogens (primary N) is 1. The number of amides is 3. The highest BCUT2D eigenvalue weighted by molar-refractivity contribution is 9.10. The summed E-state index contributed by atoms with van der Waals surface area (Å²) in [5.74, 6) is -0.120. The maximum atomic E-state index is 12.2. The Morgan fingerprint density at radius 3 is 2.74 bits per heavy atom. The average Bonchev–Trinajstić information content (AvgIpc) is 2.72. The Labute approximate surface area is 125 Å². The first kappa shape index (κ1) is 16.0. The van der Waals surface area contributed by atoms with Crippen molar-refractivity contribution >= 4 is 39.2 Å². The number of nitrogens with one attached hydrogen (secondary N) is 1. The van der Waals surface area contributed by atoms with Crippen LogP contribution in [0.4, 0.5) is 4.79 Å². The molecular weight excluding hydrogens is 330 g/mol. The second-order valence-corrected chi connectivity index (χ2v) is 6.19. The number of halogens is 1. The van der Waals surface area contributed by atoms with Gasteiger partial charge < -0.3 is 16.0 Å². The lowest BCUT2D eigenvalue weighted by Gasteiger charge is -2.23. The first-order chi connectivity index (χ1) is 8.93. The van der Waals surface area contributed by atoms with Crippen LogP contribution in [0.25, 0.3) is 0 Å². The summed E-state index contributed by atoms with van der Waals surface area (Å²) in [6, 6.07) is 0.764. The summed E-state index contributed by atoms with van der Waals surface area (Å²) >= 11 is 4.96. The van der Waals surface area contributed by atoms with Crippen LogP contribution in [0.3, 0.4) is 0 Å². The number of hydrogen-bond donors (Lipinski definition) is 2. The quantitative estimate of drug-likeness (QED) is 0.828. The number of carbonyl (C=O) groups is 2. The smallest absolute Gasteiger partial charge is 0.312 e. The van der Waals surface area contributed by atoms with Crippen molar-refractivity contribution < 1.29 is 9.59 Å². The van der Waals surface area contributed by atoms with Crippen LogP contribution in [0.15, 0.2) is 15.9 Å². The van der Waals surface area contributed by atoms with E-state index in [-0.39, 0.29) is 5.91 Å². The molecule has 19 heavy (non-hydrogen) atoms. The zero-order valence-electron chi connectivity index (χ0n) is 11.0. The summed E-state index contributed by atoms with van der Waals surface area (Å²) in [6.07, 6.45) is 1.38. The Balaban J connectivity index is 2.64. The highest BCUT2D eigenvalue weighted by atomic mass is 79.9. The third-order valence-corrected chi connectivity index (χ3v) is 4.27. The Hall–Kier alpha value is -1.08. The number of nitrogens with zero attached hydrogens (tertiary/aromatic N) is 1. The third-order valence-electron chi connectivity index (χ3n) is 2.58. The molecule has 1 aromatic heterocycles. The molecule has 0 aromatic carbocycles. The fourth-order valence-corrected chi connectivity index (χ4v) is 3.24. The summed E-state index contributed by atoms with van der Waals surface area (Å²) < 4.78 is 1.01. The minimum atomic E-state index is -0.668. The lowest BCUT2D eigenvalue weighted by atomic mass is 10.1. The average molecular weight is 348 g/mol. The zero-order chi connectivity index (χ0) is 14.4. The Morgan fingerprint density at radius 1 is 1.58 bits per heavy atom. The van der Waals surface area contributed by atoms with Gasteiger partial charge in [-0.15, -0.1) is 11.3 Å².